The number of benzene rings is 3. The van der Waals surface area contributed by atoms with Crippen molar-refractivity contribution in [2.45, 2.75) is 62.1 Å². The molecule has 7 nitrogen and oxygen atoms in total. The monoisotopic (exact) mass is 647 g/mol. The first-order valence-electron chi connectivity index (χ1n) is 14.4. The van der Waals surface area contributed by atoms with Crippen LogP contribution in [0.15, 0.2) is 82.7 Å². The minimum absolute atomic E-state index is 0.00127. The lowest BCUT2D eigenvalue weighted by Gasteiger charge is -2.24. The number of unbranched alkanes of at least 4 members (excludes halogenated alkanes) is 1. The first-order valence-corrected chi connectivity index (χ1v) is 16.6. The van der Waals surface area contributed by atoms with Gasteiger partial charge < -0.3 is 9.84 Å². The van der Waals surface area contributed by atoms with Crippen LogP contribution >= 0.6 is 34.7 Å². The Morgan fingerprint density at radius 2 is 1.73 bits per heavy atom. The molecule has 3 aromatic carbocycles. The summed E-state index contributed by atoms with van der Waals surface area (Å²) in [5, 5.41) is 21.1. The summed E-state index contributed by atoms with van der Waals surface area (Å²) in [6.45, 7) is 9.04. The van der Waals surface area contributed by atoms with Gasteiger partial charge in [-0.25, -0.2) is 0 Å². The molecule has 1 amide bonds. The first-order chi connectivity index (χ1) is 21.1. The van der Waals surface area contributed by atoms with E-state index in [0.29, 0.717) is 38.6 Å². The van der Waals surface area contributed by atoms with E-state index in [9.17, 15) is 14.7 Å². The molecular weight excluding hydrogens is 614 g/mol. The third-order valence-electron chi connectivity index (χ3n) is 7.34. The predicted octanol–water partition coefficient (Wildman–Crippen LogP) is 8.59. The van der Waals surface area contributed by atoms with E-state index in [2.05, 4.69) is 37.9 Å². The Bertz CT molecular complexity index is 1680. The van der Waals surface area contributed by atoms with Crippen LogP contribution in [-0.4, -0.2) is 33.6 Å². The fourth-order valence-electron chi connectivity index (χ4n) is 4.82. The average molecular weight is 648 g/mol. The van der Waals surface area contributed by atoms with Crippen LogP contribution in [0.4, 0.5) is 5.13 Å². The van der Waals surface area contributed by atoms with E-state index in [1.54, 1.807) is 24.3 Å². The number of amides is 1. The molecule has 1 saturated heterocycles. The maximum Gasteiger partial charge on any atom is 0.301 e. The summed E-state index contributed by atoms with van der Waals surface area (Å²) in [4.78, 5) is 28.6. The van der Waals surface area contributed by atoms with Gasteiger partial charge in [-0.15, -0.1) is 10.2 Å². The molecule has 1 fully saturated rings. The van der Waals surface area contributed by atoms with E-state index >= 15 is 0 Å². The number of Topliss-reactive ketones (excluding diaryl/α,β-unsaturated/α-hetero) is 1. The number of rotatable bonds is 10. The molecular formula is C34H34ClN3O4S2. The summed E-state index contributed by atoms with van der Waals surface area (Å²) < 4.78 is 6.38. The number of aromatic nitrogens is 2. The van der Waals surface area contributed by atoms with Crippen LogP contribution < -0.4 is 9.64 Å². The summed E-state index contributed by atoms with van der Waals surface area (Å²) in [6, 6.07) is 21.3. The molecule has 0 radical (unpaired) electrons. The third kappa shape index (κ3) is 6.85. The van der Waals surface area contributed by atoms with Crippen molar-refractivity contribution in [1.29, 1.82) is 0 Å². The van der Waals surface area contributed by atoms with Gasteiger partial charge in [-0.05, 0) is 58.9 Å². The highest BCUT2D eigenvalue weighted by Crippen LogP contribution is 2.44. The third-order valence-corrected chi connectivity index (χ3v) is 9.82. The SMILES string of the molecule is CCCCOc1ccc(/C(O)=C2/C(=O)C(=O)N(c3nnc(SCc4ccccc4Cl)s3)C2c2ccc(C(C)(C)C)cc2)cc1. The first kappa shape index (κ1) is 31.8. The zero-order chi connectivity index (χ0) is 31.4. The standard InChI is InChI=1S/C34H34ClN3O4S2/c1-5-6-19-42-25-17-13-22(14-18-25)29(39)27-28(21-11-15-24(16-12-21)34(2,3)4)38(31(41)30(27)40)32-36-37-33(44-32)43-20-23-9-7-8-10-26(23)35/h7-18,28,39H,5-6,19-20H2,1-4H3/b29-27-. The molecule has 4 aromatic rings. The Kier molecular flexibility index (Phi) is 9.78. The highest BCUT2D eigenvalue weighted by atomic mass is 35.5. The van der Waals surface area contributed by atoms with E-state index < -0.39 is 17.7 Å². The van der Waals surface area contributed by atoms with Crippen LogP contribution in [0, 0.1) is 0 Å². The van der Waals surface area contributed by atoms with Crippen molar-refractivity contribution in [3.8, 4) is 5.75 Å². The molecule has 0 spiro atoms. The van der Waals surface area contributed by atoms with Crippen molar-refractivity contribution < 1.29 is 19.4 Å². The van der Waals surface area contributed by atoms with Crippen molar-refractivity contribution in [3.63, 3.8) is 0 Å². The number of carbonyl (C=O) groups is 2. The van der Waals surface area contributed by atoms with Crippen molar-refractivity contribution in [2.75, 3.05) is 11.5 Å². The lowest BCUT2D eigenvalue weighted by atomic mass is 9.85. The number of thioether (sulfide) groups is 1. The lowest BCUT2D eigenvalue weighted by molar-refractivity contribution is -0.132. The Morgan fingerprint density at radius 3 is 2.39 bits per heavy atom. The number of ketones is 1. The number of nitrogens with zero attached hydrogens (tertiary/aromatic N) is 3. The van der Waals surface area contributed by atoms with Crippen LogP contribution in [0.1, 0.15) is 68.8 Å². The zero-order valence-corrected chi connectivity index (χ0v) is 27.4. The van der Waals surface area contributed by atoms with Gasteiger partial charge in [0.2, 0.25) is 5.13 Å². The van der Waals surface area contributed by atoms with Crippen LogP contribution in [0.5, 0.6) is 5.75 Å². The molecule has 0 aliphatic carbocycles. The predicted molar refractivity (Wildman–Crippen MR) is 178 cm³/mol. The van der Waals surface area contributed by atoms with Crippen LogP contribution in [0.25, 0.3) is 5.76 Å². The van der Waals surface area contributed by atoms with Gasteiger partial charge in [0.1, 0.15) is 11.5 Å². The Morgan fingerprint density at radius 1 is 1.02 bits per heavy atom. The number of anilines is 1. The zero-order valence-electron chi connectivity index (χ0n) is 25.0. The van der Waals surface area contributed by atoms with E-state index in [0.717, 1.165) is 24.0 Å². The van der Waals surface area contributed by atoms with Gasteiger partial charge in [0, 0.05) is 16.3 Å². The molecule has 1 aliphatic heterocycles. The summed E-state index contributed by atoms with van der Waals surface area (Å²) in [7, 11) is 0. The van der Waals surface area contributed by atoms with Crippen molar-refractivity contribution in [1.82, 2.24) is 10.2 Å². The molecule has 44 heavy (non-hydrogen) atoms. The highest BCUT2D eigenvalue weighted by molar-refractivity contribution is 8.00. The molecule has 2 heterocycles. The van der Waals surface area contributed by atoms with Crippen molar-refractivity contribution >= 4 is 57.3 Å². The van der Waals surface area contributed by atoms with Crippen molar-refractivity contribution in [3.05, 3.63) is 106 Å². The normalized spacial score (nSPS) is 16.5. The average Bonchev–Trinajstić information content (AvgIpc) is 3.58. The fourth-order valence-corrected chi connectivity index (χ4v) is 6.98. The maximum atomic E-state index is 13.6. The van der Waals surface area contributed by atoms with Gasteiger partial charge >= 0.3 is 5.91 Å². The maximum absolute atomic E-state index is 13.6. The largest absolute Gasteiger partial charge is 0.507 e. The van der Waals surface area contributed by atoms with Gasteiger partial charge in [0.05, 0.1) is 18.2 Å². The Labute approximate surface area is 270 Å². The number of aliphatic hydroxyl groups is 1. The second kappa shape index (κ2) is 13.5. The molecule has 0 saturated carbocycles. The molecule has 1 atom stereocenters. The Hall–Kier alpha value is -3.66. The summed E-state index contributed by atoms with van der Waals surface area (Å²) >= 11 is 8.99. The Balaban J connectivity index is 1.52. The molecule has 228 valence electrons. The number of hydrogen-bond donors (Lipinski definition) is 1. The van der Waals surface area contributed by atoms with Gasteiger partial charge in [-0.2, -0.15) is 0 Å². The summed E-state index contributed by atoms with van der Waals surface area (Å²) in [5.74, 6) is -0.566. The quantitative estimate of drug-likeness (QED) is 0.0460. The van der Waals surface area contributed by atoms with E-state index in [1.165, 1.54) is 28.0 Å². The molecule has 10 heteroatoms. The number of hydrogen-bond acceptors (Lipinski definition) is 8. The number of ether oxygens (including phenoxy) is 1. The molecule has 1 aliphatic rings. The molecule has 1 unspecified atom stereocenters. The highest BCUT2D eigenvalue weighted by Gasteiger charge is 2.48. The number of carbonyl (C=O) groups excluding carboxylic acids is 2. The van der Waals surface area contributed by atoms with Crippen molar-refractivity contribution in [2.24, 2.45) is 0 Å². The molecule has 0 bridgehead atoms. The van der Waals surface area contributed by atoms with Gasteiger partial charge in [0.15, 0.2) is 4.34 Å². The van der Waals surface area contributed by atoms with E-state index in [4.69, 9.17) is 16.3 Å². The summed E-state index contributed by atoms with van der Waals surface area (Å²) in [5.41, 5.74) is 3.06. The van der Waals surface area contributed by atoms with Gasteiger partial charge in [-0.3, -0.25) is 14.5 Å². The minimum Gasteiger partial charge on any atom is -0.507 e. The fraction of sp³-hybridized carbons (Fsp3) is 0.294. The van der Waals surface area contributed by atoms with Gasteiger partial charge in [-0.1, -0.05) is 111 Å². The molecule has 1 aromatic heterocycles. The smallest absolute Gasteiger partial charge is 0.301 e. The second-order valence-electron chi connectivity index (χ2n) is 11.5. The van der Waals surface area contributed by atoms with Crippen LogP contribution in [-0.2, 0) is 20.8 Å². The topological polar surface area (TPSA) is 92.6 Å². The van der Waals surface area contributed by atoms with Crippen LogP contribution in [0.2, 0.25) is 5.02 Å². The summed E-state index contributed by atoms with van der Waals surface area (Å²) in [6.07, 6.45) is 1.96. The molecule has 5 rings (SSSR count). The van der Waals surface area contributed by atoms with Gasteiger partial charge in [0.25, 0.3) is 5.78 Å². The number of halogens is 1. The van der Waals surface area contributed by atoms with E-state index in [-0.39, 0.29) is 21.9 Å². The van der Waals surface area contributed by atoms with Crippen LogP contribution in [0.3, 0.4) is 0 Å². The minimum atomic E-state index is -0.890. The second-order valence-corrected chi connectivity index (χ2v) is 14.1. The number of aliphatic hydroxyl groups excluding tert-OH is 1. The molecule has 1 N–H and O–H groups in total. The van der Waals surface area contributed by atoms with E-state index in [1.807, 2.05) is 48.5 Å². The lowest BCUT2D eigenvalue weighted by Crippen LogP contribution is -2.29.